The molecule has 0 radical (unpaired) electrons. The van der Waals surface area contributed by atoms with Gasteiger partial charge in [0, 0.05) is 23.4 Å². The van der Waals surface area contributed by atoms with E-state index in [4.69, 9.17) is 25.7 Å². The Morgan fingerprint density at radius 3 is 2.10 bits per heavy atom. The number of nitrogens with one attached hydrogen (secondary N) is 2. The van der Waals surface area contributed by atoms with E-state index in [1.165, 1.54) is 13.2 Å². The fourth-order valence-corrected chi connectivity index (χ4v) is 5.63. The summed E-state index contributed by atoms with van der Waals surface area (Å²) in [4.78, 5) is 42.9. The van der Waals surface area contributed by atoms with E-state index in [0.29, 0.717) is 30.2 Å². The molecule has 5 aromatic carbocycles. The second-order valence-electron chi connectivity index (χ2n) is 11.3. The van der Waals surface area contributed by atoms with E-state index in [9.17, 15) is 14.4 Å². The molecule has 2 amide bonds. The van der Waals surface area contributed by atoms with E-state index >= 15 is 0 Å². The molecule has 0 unspecified atom stereocenters. The molecule has 5 rings (SSSR count). The number of methoxy groups -OCH3 is 1. The Morgan fingerprint density at radius 1 is 0.840 bits per heavy atom. The second-order valence-corrected chi connectivity index (χ2v) is 11.3. The highest BCUT2D eigenvalue weighted by molar-refractivity contribution is 6.10. The van der Waals surface area contributed by atoms with E-state index in [1.807, 2.05) is 72.8 Å². The normalized spacial score (nSPS) is 11.3. The van der Waals surface area contributed by atoms with Crippen LogP contribution in [0.3, 0.4) is 0 Å². The van der Waals surface area contributed by atoms with Crippen molar-refractivity contribution in [2.45, 2.75) is 18.9 Å². The average Bonchev–Trinajstić information content (AvgIpc) is 3.13. The van der Waals surface area contributed by atoms with Crippen LogP contribution in [-0.4, -0.2) is 56.7 Å². The Balaban J connectivity index is 1.42. The minimum absolute atomic E-state index is 0.0708. The SMILES string of the molecule is C=CCOc1ccc2ccccc2c1-c1c(OCC(=O)N[C@H](CCCN=C(N)N)C(=O)Nc2cccc(C(=O)OC)c2)ccc2ccccc12. The van der Waals surface area contributed by atoms with Crippen LogP contribution in [0.15, 0.2) is 115 Å². The first-order valence-corrected chi connectivity index (χ1v) is 16.0. The zero-order valence-electron chi connectivity index (χ0n) is 27.7. The quantitative estimate of drug-likeness (QED) is 0.0368. The molecular formula is C39H39N5O6. The van der Waals surface area contributed by atoms with Crippen LogP contribution in [-0.2, 0) is 14.3 Å². The highest BCUT2D eigenvalue weighted by Gasteiger charge is 2.23. The maximum absolute atomic E-state index is 13.5. The lowest BCUT2D eigenvalue weighted by molar-refractivity contribution is -0.128. The number of benzene rings is 5. The topological polar surface area (TPSA) is 167 Å². The van der Waals surface area contributed by atoms with Gasteiger partial charge in [-0.2, -0.15) is 0 Å². The minimum Gasteiger partial charge on any atom is -0.489 e. The number of fused-ring (bicyclic) bond motifs is 2. The number of carbonyl (C=O) groups is 3. The molecule has 0 bridgehead atoms. The van der Waals surface area contributed by atoms with Gasteiger partial charge in [-0.1, -0.05) is 79.4 Å². The fourth-order valence-electron chi connectivity index (χ4n) is 5.63. The summed E-state index contributed by atoms with van der Waals surface area (Å²) in [5.74, 6) is -0.517. The Bertz CT molecular complexity index is 2060. The zero-order valence-corrected chi connectivity index (χ0v) is 27.7. The molecule has 0 fully saturated rings. The van der Waals surface area contributed by atoms with Crippen molar-refractivity contribution in [3.8, 4) is 22.6 Å². The van der Waals surface area contributed by atoms with Crippen LogP contribution in [0.1, 0.15) is 23.2 Å². The summed E-state index contributed by atoms with van der Waals surface area (Å²) in [5, 5.41) is 9.43. The number of amides is 2. The van der Waals surface area contributed by atoms with Gasteiger partial charge in [0.25, 0.3) is 5.91 Å². The van der Waals surface area contributed by atoms with Gasteiger partial charge in [0.1, 0.15) is 24.1 Å². The van der Waals surface area contributed by atoms with E-state index in [-0.39, 0.29) is 31.1 Å². The molecule has 0 heterocycles. The number of esters is 1. The monoisotopic (exact) mass is 673 g/mol. The lowest BCUT2D eigenvalue weighted by Crippen LogP contribution is -2.45. The van der Waals surface area contributed by atoms with Gasteiger partial charge in [0.2, 0.25) is 5.91 Å². The van der Waals surface area contributed by atoms with E-state index in [1.54, 1.807) is 24.3 Å². The summed E-state index contributed by atoms with van der Waals surface area (Å²) in [5.41, 5.74) is 13.1. The largest absolute Gasteiger partial charge is 0.489 e. The van der Waals surface area contributed by atoms with Crippen LogP contribution < -0.4 is 31.6 Å². The van der Waals surface area contributed by atoms with E-state index < -0.39 is 23.8 Å². The van der Waals surface area contributed by atoms with Crippen molar-refractivity contribution in [2.75, 3.05) is 32.2 Å². The van der Waals surface area contributed by atoms with Gasteiger partial charge in [-0.25, -0.2) is 4.79 Å². The standard InChI is InChI=1S/C39H39N5O6/c1-3-22-49-32-19-17-25-10-4-6-14-29(25)35(32)36-30-15-7-5-11-26(30)18-20-33(36)50-24-34(45)44-31(16-9-21-42-39(40)41)37(46)43-28-13-8-12-27(23-28)38(47)48-2/h3-8,10-15,17-20,23,31H,1,9,16,21-22,24H2,2H3,(H,43,46)(H,44,45)(H4,40,41,42)/t31-/m1/s1. The van der Waals surface area contributed by atoms with Crippen molar-refractivity contribution >= 4 is 51.0 Å². The third-order valence-corrected chi connectivity index (χ3v) is 7.90. The molecule has 6 N–H and O–H groups in total. The van der Waals surface area contributed by atoms with Crippen molar-refractivity contribution in [3.63, 3.8) is 0 Å². The lowest BCUT2D eigenvalue weighted by Gasteiger charge is -2.21. The molecule has 0 aromatic heterocycles. The number of carbonyl (C=O) groups excluding carboxylic acids is 3. The molecule has 1 atom stereocenters. The Hall–Kier alpha value is -6.36. The van der Waals surface area contributed by atoms with Gasteiger partial charge >= 0.3 is 5.97 Å². The molecular weight excluding hydrogens is 634 g/mol. The van der Waals surface area contributed by atoms with Gasteiger partial charge in [-0.05, 0) is 64.7 Å². The predicted molar refractivity (Wildman–Crippen MR) is 196 cm³/mol. The number of anilines is 1. The van der Waals surface area contributed by atoms with Crippen molar-refractivity contribution < 1.29 is 28.6 Å². The van der Waals surface area contributed by atoms with Crippen molar-refractivity contribution in [3.05, 3.63) is 115 Å². The molecule has 50 heavy (non-hydrogen) atoms. The van der Waals surface area contributed by atoms with E-state index in [2.05, 4.69) is 22.2 Å². The summed E-state index contributed by atoms with van der Waals surface area (Å²) in [7, 11) is 1.27. The van der Waals surface area contributed by atoms with Crippen LogP contribution in [0.5, 0.6) is 11.5 Å². The highest BCUT2D eigenvalue weighted by atomic mass is 16.5. The predicted octanol–water partition coefficient (Wildman–Crippen LogP) is 5.57. The van der Waals surface area contributed by atoms with Crippen molar-refractivity contribution in [1.29, 1.82) is 0 Å². The van der Waals surface area contributed by atoms with Gasteiger partial charge in [0.05, 0.1) is 12.7 Å². The summed E-state index contributed by atoms with van der Waals surface area (Å²) >= 11 is 0. The Morgan fingerprint density at radius 2 is 1.48 bits per heavy atom. The number of hydrogen-bond acceptors (Lipinski definition) is 7. The average molecular weight is 674 g/mol. The molecule has 11 heteroatoms. The smallest absolute Gasteiger partial charge is 0.337 e. The number of rotatable bonds is 15. The number of hydrogen-bond donors (Lipinski definition) is 4. The van der Waals surface area contributed by atoms with Crippen LogP contribution in [0.4, 0.5) is 5.69 Å². The second kappa shape index (κ2) is 16.6. The zero-order chi connectivity index (χ0) is 35.5. The first-order valence-electron chi connectivity index (χ1n) is 16.0. The molecule has 0 saturated carbocycles. The molecule has 5 aromatic rings. The summed E-state index contributed by atoms with van der Waals surface area (Å²) in [6, 6.07) is 29.0. The van der Waals surface area contributed by atoms with Crippen molar-refractivity contribution in [2.24, 2.45) is 16.5 Å². The number of aliphatic imine (C=N–C) groups is 1. The Kier molecular flexibility index (Phi) is 11.6. The van der Waals surface area contributed by atoms with Crippen LogP contribution in [0, 0.1) is 0 Å². The van der Waals surface area contributed by atoms with Gasteiger partial charge < -0.3 is 36.3 Å². The number of guanidine groups is 1. The fraction of sp³-hybridized carbons (Fsp3) is 0.179. The molecule has 0 aliphatic heterocycles. The highest BCUT2D eigenvalue weighted by Crippen LogP contribution is 2.45. The third kappa shape index (κ3) is 8.56. The third-order valence-electron chi connectivity index (χ3n) is 7.90. The van der Waals surface area contributed by atoms with Crippen molar-refractivity contribution in [1.82, 2.24) is 5.32 Å². The number of nitrogens with zero attached hydrogens (tertiary/aromatic N) is 1. The minimum atomic E-state index is -0.963. The van der Waals surface area contributed by atoms with E-state index in [0.717, 1.165) is 32.7 Å². The number of ether oxygens (including phenoxy) is 3. The lowest BCUT2D eigenvalue weighted by atomic mass is 9.92. The summed E-state index contributed by atoms with van der Waals surface area (Å²) in [6.45, 7) is 3.98. The molecule has 0 aliphatic rings. The number of nitrogens with two attached hydrogens (primary N) is 2. The summed E-state index contributed by atoms with van der Waals surface area (Å²) in [6.07, 6.45) is 2.32. The summed E-state index contributed by atoms with van der Waals surface area (Å²) < 4.78 is 17.2. The van der Waals surface area contributed by atoms with Crippen LogP contribution >= 0.6 is 0 Å². The first kappa shape index (κ1) is 35.0. The maximum atomic E-state index is 13.5. The molecule has 256 valence electrons. The molecule has 0 saturated heterocycles. The molecule has 11 nitrogen and oxygen atoms in total. The van der Waals surface area contributed by atoms with Gasteiger partial charge in [0.15, 0.2) is 12.6 Å². The van der Waals surface area contributed by atoms with Crippen LogP contribution in [0.25, 0.3) is 32.7 Å². The van der Waals surface area contributed by atoms with Gasteiger partial charge in [-0.15, -0.1) is 0 Å². The first-order chi connectivity index (χ1) is 24.3. The molecule has 0 spiro atoms. The Labute approximate surface area is 289 Å². The van der Waals surface area contributed by atoms with Gasteiger partial charge in [-0.3, -0.25) is 14.6 Å². The molecule has 0 aliphatic carbocycles. The maximum Gasteiger partial charge on any atom is 0.337 e. The van der Waals surface area contributed by atoms with Crippen LogP contribution in [0.2, 0.25) is 0 Å².